The molecule has 138 valence electrons. The molecule has 0 bridgehead atoms. The van der Waals surface area contributed by atoms with Crippen molar-refractivity contribution < 1.29 is 9.84 Å². The van der Waals surface area contributed by atoms with Crippen LogP contribution in [0.2, 0.25) is 0 Å². The number of hydrogen-bond acceptors (Lipinski definition) is 2. The number of benzene rings is 1. The average Bonchev–Trinajstić information content (AvgIpc) is 2.53. The predicted molar refractivity (Wildman–Crippen MR) is 104 cm³/mol. The molecule has 3 rings (SSSR count). The maximum atomic E-state index is 10.8. The van der Waals surface area contributed by atoms with Crippen LogP contribution >= 0.6 is 0 Å². The Kier molecular flexibility index (Phi) is 5.18. The van der Waals surface area contributed by atoms with Gasteiger partial charge in [0.1, 0.15) is 17.1 Å². The molecule has 2 atom stereocenters. The number of hydrogen-bond donors (Lipinski definition) is 1. The second-order valence-electron chi connectivity index (χ2n) is 8.78. The van der Waals surface area contributed by atoms with Gasteiger partial charge >= 0.3 is 0 Å². The molecular formula is C23H34O2. The Balaban J connectivity index is 1.96. The lowest BCUT2D eigenvalue weighted by Crippen LogP contribution is -2.45. The Labute approximate surface area is 153 Å². The molecule has 1 unspecified atom stereocenters. The SMILES string of the molecule is CCCCCc1cc(O)c2c(c1)OC(C)(C)[C@@H]1CC=C(C(C)C)CC21. The van der Waals surface area contributed by atoms with Crippen LogP contribution in [0.3, 0.4) is 0 Å². The van der Waals surface area contributed by atoms with Crippen LogP contribution in [0.5, 0.6) is 11.5 Å². The van der Waals surface area contributed by atoms with Gasteiger partial charge < -0.3 is 9.84 Å². The number of rotatable bonds is 5. The number of phenols is 1. The maximum absolute atomic E-state index is 10.8. The Morgan fingerprint density at radius 2 is 2.00 bits per heavy atom. The predicted octanol–water partition coefficient (Wildman–Crippen LogP) is 6.37. The fourth-order valence-electron chi connectivity index (χ4n) is 4.67. The highest BCUT2D eigenvalue weighted by molar-refractivity contribution is 5.52. The molecule has 2 aliphatic rings. The molecule has 2 nitrogen and oxygen atoms in total. The van der Waals surface area contributed by atoms with Crippen LogP contribution in [0.15, 0.2) is 23.8 Å². The highest BCUT2D eigenvalue weighted by Crippen LogP contribution is 2.54. The molecule has 1 aliphatic heterocycles. The summed E-state index contributed by atoms with van der Waals surface area (Å²) < 4.78 is 6.42. The molecule has 1 aromatic rings. The van der Waals surface area contributed by atoms with Crippen LogP contribution in [0.4, 0.5) is 0 Å². The molecule has 1 N–H and O–H groups in total. The molecular weight excluding hydrogens is 308 g/mol. The van der Waals surface area contributed by atoms with Gasteiger partial charge in [0.05, 0.1) is 0 Å². The number of allylic oxidation sites excluding steroid dienone is 2. The van der Waals surface area contributed by atoms with Gasteiger partial charge in [0.25, 0.3) is 0 Å². The summed E-state index contributed by atoms with van der Waals surface area (Å²) in [7, 11) is 0. The first-order chi connectivity index (χ1) is 11.8. The van der Waals surface area contributed by atoms with E-state index in [0.717, 1.165) is 30.6 Å². The van der Waals surface area contributed by atoms with E-state index in [2.05, 4.69) is 46.8 Å². The van der Waals surface area contributed by atoms with Crippen molar-refractivity contribution in [3.05, 3.63) is 34.9 Å². The van der Waals surface area contributed by atoms with Gasteiger partial charge in [-0.25, -0.2) is 0 Å². The van der Waals surface area contributed by atoms with E-state index < -0.39 is 0 Å². The summed E-state index contributed by atoms with van der Waals surface area (Å²) in [6.07, 6.45) is 9.14. The van der Waals surface area contributed by atoms with Crippen molar-refractivity contribution in [1.82, 2.24) is 0 Å². The van der Waals surface area contributed by atoms with Gasteiger partial charge in [0.15, 0.2) is 0 Å². The van der Waals surface area contributed by atoms with Gasteiger partial charge in [-0.1, -0.05) is 45.3 Å². The van der Waals surface area contributed by atoms with Gasteiger partial charge in [-0.05, 0) is 63.1 Å². The number of ether oxygens (including phenoxy) is 1. The summed E-state index contributed by atoms with van der Waals surface area (Å²) in [4.78, 5) is 0. The zero-order valence-corrected chi connectivity index (χ0v) is 16.6. The smallest absolute Gasteiger partial charge is 0.127 e. The Morgan fingerprint density at radius 3 is 2.68 bits per heavy atom. The number of aromatic hydroxyl groups is 1. The molecule has 1 heterocycles. The van der Waals surface area contributed by atoms with Crippen molar-refractivity contribution in [2.24, 2.45) is 11.8 Å². The van der Waals surface area contributed by atoms with Crippen LogP contribution < -0.4 is 4.74 Å². The van der Waals surface area contributed by atoms with E-state index in [0.29, 0.717) is 23.5 Å². The van der Waals surface area contributed by atoms with Gasteiger partial charge in [-0.15, -0.1) is 0 Å². The molecule has 0 saturated heterocycles. The van der Waals surface area contributed by atoms with Gasteiger partial charge in [-0.2, -0.15) is 0 Å². The number of fused-ring (bicyclic) bond motifs is 3. The van der Waals surface area contributed by atoms with E-state index in [9.17, 15) is 5.11 Å². The topological polar surface area (TPSA) is 29.5 Å². The second-order valence-corrected chi connectivity index (χ2v) is 8.78. The largest absolute Gasteiger partial charge is 0.508 e. The van der Waals surface area contributed by atoms with Crippen molar-refractivity contribution >= 4 is 0 Å². The lowest BCUT2D eigenvalue weighted by molar-refractivity contribution is 0.00689. The average molecular weight is 343 g/mol. The van der Waals surface area contributed by atoms with Crippen molar-refractivity contribution in [3.63, 3.8) is 0 Å². The highest BCUT2D eigenvalue weighted by Gasteiger charge is 2.46. The summed E-state index contributed by atoms with van der Waals surface area (Å²) in [5.74, 6) is 2.73. The van der Waals surface area contributed by atoms with Crippen LogP contribution in [-0.4, -0.2) is 10.7 Å². The van der Waals surface area contributed by atoms with E-state index in [-0.39, 0.29) is 5.60 Å². The van der Waals surface area contributed by atoms with E-state index in [1.807, 2.05) is 6.07 Å². The third kappa shape index (κ3) is 3.59. The van der Waals surface area contributed by atoms with Crippen molar-refractivity contribution in [2.45, 2.75) is 84.7 Å². The minimum absolute atomic E-state index is 0.189. The zero-order valence-electron chi connectivity index (χ0n) is 16.6. The molecule has 0 spiro atoms. The van der Waals surface area contributed by atoms with E-state index >= 15 is 0 Å². The normalized spacial score (nSPS) is 24.3. The first-order valence-electron chi connectivity index (χ1n) is 10.1. The summed E-state index contributed by atoms with van der Waals surface area (Å²) >= 11 is 0. The van der Waals surface area contributed by atoms with Gasteiger partial charge in [0, 0.05) is 17.4 Å². The van der Waals surface area contributed by atoms with E-state index in [4.69, 9.17) is 4.74 Å². The van der Waals surface area contributed by atoms with Crippen molar-refractivity contribution in [2.75, 3.05) is 0 Å². The lowest BCUT2D eigenvalue weighted by atomic mass is 9.66. The van der Waals surface area contributed by atoms with Crippen molar-refractivity contribution in [1.29, 1.82) is 0 Å². The summed E-state index contributed by atoms with van der Waals surface area (Å²) in [5, 5.41) is 10.8. The standard InChI is InChI=1S/C23H34O2/c1-6-7-8-9-16-12-20(24)22-18-14-17(15(2)3)10-11-19(18)23(4,5)25-21(22)13-16/h10,12-13,15,18-19,24H,6-9,11,14H2,1-5H3/t18?,19-/m1/s1. The molecule has 1 aliphatic carbocycles. The number of aryl methyl sites for hydroxylation is 1. The zero-order chi connectivity index (χ0) is 18.2. The number of phenolic OH excluding ortho intramolecular Hbond substituents is 1. The molecule has 25 heavy (non-hydrogen) atoms. The first-order valence-corrected chi connectivity index (χ1v) is 10.1. The molecule has 2 heteroatoms. The van der Waals surface area contributed by atoms with Crippen LogP contribution in [-0.2, 0) is 6.42 Å². The summed E-state index contributed by atoms with van der Waals surface area (Å²) in [6, 6.07) is 4.18. The molecule has 0 radical (unpaired) electrons. The van der Waals surface area contributed by atoms with Crippen LogP contribution in [0, 0.1) is 11.8 Å². The van der Waals surface area contributed by atoms with E-state index in [1.165, 1.54) is 30.4 Å². The quantitative estimate of drug-likeness (QED) is 0.497. The number of unbranched alkanes of at least 4 members (excludes halogenated alkanes) is 2. The highest BCUT2D eigenvalue weighted by atomic mass is 16.5. The molecule has 0 amide bonds. The fraction of sp³-hybridized carbons (Fsp3) is 0.652. The van der Waals surface area contributed by atoms with Crippen LogP contribution in [0.1, 0.15) is 83.8 Å². The van der Waals surface area contributed by atoms with Crippen LogP contribution in [0.25, 0.3) is 0 Å². The Morgan fingerprint density at radius 1 is 1.24 bits per heavy atom. The lowest BCUT2D eigenvalue weighted by Gasteiger charge is -2.47. The Hall–Kier alpha value is -1.44. The monoisotopic (exact) mass is 342 g/mol. The molecule has 0 fully saturated rings. The van der Waals surface area contributed by atoms with Crippen molar-refractivity contribution in [3.8, 4) is 11.5 Å². The molecule has 0 aromatic heterocycles. The minimum atomic E-state index is -0.189. The Bertz CT molecular complexity index is 654. The first kappa shape index (κ1) is 18.4. The van der Waals surface area contributed by atoms with Gasteiger partial charge in [-0.3, -0.25) is 0 Å². The molecule has 1 aromatic carbocycles. The third-order valence-electron chi connectivity index (χ3n) is 6.20. The van der Waals surface area contributed by atoms with Gasteiger partial charge in [0.2, 0.25) is 0 Å². The summed E-state index contributed by atoms with van der Waals surface area (Å²) in [6.45, 7) is 11.2. The third-order valence-corrected chi connectivity index (χ3v) is 6.20. The second kappa shape index (κ2) is 7.05. The summed E-state index contributed by atoms with van der Waals surface area (Å²) in [5.41, 5.74) is 3.59. The maximum Gasteiger partial charge on any atom is 0.127 e. The van der Waals surface area contributed by atoms with E-state index in [1.54, 1.807) is 0 Å². The fourth-order valence-corrected chi connectivity index (χ4v) is 4.67. The molecule has 0 saturated carbocycles. The minimum Gasteiger partial charge on any atom is -0.508 e.